The molecule has 39 nitrogen and oxygen atoms in total. The van der Waals surface area contributed by atoms with Crippen LogP contribution in [0.3, 0.4) is 0 Å². The number of carbonyl (C=O) groups is 3. The molecule has 24 N–H and O–H groups in total. The number of aliphatic hydroxyl groups excluding tert-OH is 21. The average molecular weight is 1280 g/mol. The SMILES string of the molecule is CC(=O)N[C@H]1[C@H](O[C@@H]([C@H](O)[C@H](CO)NC(C)=O)[C@H](O)CO)O[C@H](CO)[C@@H](O[C@@H]2O[C@H](CO[C@H]3O[C@H](CO)[C@@H](O)[C@H](O)[C@@H]3O)[C@@H](O)[C@H](O[C@H]3O[C@H](CO)[C@@H](O[C@@H]4O[C@H](CO)[C@@H](O)[C@H](O[C@@H]5O[C@H](CO)[C@H](O)[C@H](O)[C@H]5O)[C@H]4NC(C)=O)[C@H](O)[C@@H]3O)[C@@H]2O)[C@@H]1O. The fourth-order valence-electron chi connectivity index (χ4n) is 10.7. The van der Waals surface area contributed by atoms with Gasteiger partial charge in [0.2, 0.25) is 17.7 Å². The summed E-state index contributed by atoms with van der Waals surface area (Å²) in [6.45, 7) is -5.20. The molecule has 0 aromatic carbocycles. The summed E-state index contributed by atoms with van der Waals surface area (Å²) in [7, 11) is 0. The first kappa shape index (κ1) is 73.1. The van der Waals surface area contributed by atoms with Crippen molar-refractivity contribution < 1.29 is 178 Å². The molecule has 506 valence electrons. The Morgan fingerprint density at radius 2 is 0.793 bits per heavy atom. The van der Waals surface area contributed by atoms with E-state index >= 15 is 0 Å². The fourth-order valence-corrected chi connectivity index (χ4v) is 10.7. The Kier molecular flexibility index (Phi) is 27.4. The number of hydrogen-bond donors (Lipinski definition) is 24. The molecule has 3 amide bonds. The minimum absolute atomic E-state index is 0.762. The minimum Gasteiger partial charge on any atom is -0.394 e. The smallest absolute Gasteiger partial charge is 0.217 e. The lowest BCUT2D eigenvalue weighted by molar-refractivity contribution is -0.390. The molecule has 34 atom stereocenters. The Morgan fingerprint density at radius 3 is 1.31 bits per heavy atom. The topological polar surface area (TPSA) is 623 Å². The molecule has 87 heavy (non-hydrogen) atoms. The number of hydrogen-bond acceptors (Lipinski definition) is 36. The Morgan fingerprint density at radius 1 is 0.391 bits per heavy atom. The minimum atomic E-state index is -2.39. The van der Waals surface area contributed by atoms with Crippen molar-refractivity contribution in [2.75, 3.05) is 52.9 Å². The number of nitrogens with one attached hydrogen (secondary N) is 3. The van der Waals surface area contributed by atoms with E-state index in [1.54, 1.807) is 0 Å². The number of ether oxygens (including phenoxy) is 12. The van der Waals surface area contributed by atoms with Crippen LogP contribution in [0.25, 0.3) is 0 Å². The summed E-state index contributed by atoms with van der Waals surface area (Å²) >= 11 is 0. The lowest BCUT2D eigenvalue weighted by atomic mass is 9.94. The monoisotopic (exact) mass is 1280 g/mol. The first-order valence-corrected chi connectivity index (χ1v) is 27.5. The third-order valence-corrected chi connectivity index (χ3v) is 15.4. The van der Waals surface area contributed by atoms with Crippen molar-refractivity contribution in [3.8, 4) is 0 Å². The molecular weight excluding hydrogens is 1190 g/mol. The van der Waals surface area contributed by atoms with Crippen LogP contribution in [0, 0.1) is 0 Å². The highest BCUT2D eigenvalue weighted by atomic mass is 16.8. The van der Waals surface area contributed by atoms with E-state index in [4.69, 9.17) is 56.8 Å². The van der Waals surface area contributed by atoms with Gasteiger partial charge in [0, 0.05) is 20.8 Å². The van der Waals surface area contributed by atoms with E-state index in [0.717, 1.165) is 20.8 Å². The average Bonchev–Trinajstić information content (AvgIpc) is 1.16. The predicted octanol–water partition coefficient (Wildman–Crippen LogP) is -16.2. The zero-order chi connectivity index (χ0) is 64.6. The predicted molar refractivity (Wildman–Crippen MR) is 269 cm³/mol. The van der Waals surface area contributed by atoms with Gasteiger partial charge in [-0.05, 0) is 0 Å². The first-order valence-electron chi connectivity index (χ1n) is 27.5. The lowest BCUT2D eigenvalue weighted by Gasteiger charge is -2.50. The van der Waals surface area contributed by atoms with Crippen LogP contribution in [-0.2, 0) is 71.2 Å². The largest absolute Gasteiger partial charge is 0.394 e. The number of amides is 3. The van der Waals surface area contributed by atoms with Crippen LogP contribution in [0.4, 0.5) is 0 Å². The van der Waals surface area contributed by atoms with Crippen molar-refractivity contribution in [3.63, 3.8) is 0 Å². The summed E-state index contributed by atoms with van der Waals surface area (Å²) in [5, 5.41) is 233. The Hall–Kier alpha value is -2.91. The van der Waals surface area contributed by atoms with Gasteiger partial charge in [-0.25, -0.2) is 0 Å². The molecule has 0 unspecified atom stereocenters. The van der Waals surface area contributed by atoms with Crippen LogP contribution in [0.1, 0.15) is 20.8 Å². The highest BCUT2D eigenvalue weighted by molar-refractivity contribution is 5.74. The molecule has 0 aromatic heterocycles. The third kappa shape index (κ3) is 16.8. The molecular formula is C48H83N3O36. The van der Waals surface area contributed by atoms with Crippen LogP contribution in [0.15, 0.2) is 0 Å². The summed E-state index contributed by atoms with van der Waals surface area (Å²) in [6, 6.07) is -5.18. The molecule has 0 aliphatic carbocycles. The van der Waals surface area contributed by atoms with Gasteiger partial charge >= 0.3 is 0 Å². The van der Waals surface area contributed by atoms with Crippen molar-refractivity contribution in [2.45, 2.75) is 229 Å². The van der Waals surface area contributed by atoms with Crippen LogP contribution in [-0.4, -0.2) is 386 Å². The zero-order valence-electron chi connectivity index (χ0n) is 46.8. The van der Waals surface area contributed by atoms with Crippen LogP contribution in [0.2, 0.25) is 0 Å². The lowest BCUT2D eigenvalue weighted by Crippen LogP contribution is -2.70. The van der Waals surface area contributed by atoms with Gasteiger partial charge < -0.3 is 180 Å². The molecule has 6 saturated heterocycles. The summed E-state index contributed by atoms with van der Waals surface area (Å²) in [6.07, 6.45) is -62.2. The van der Waals surface area contributed by atoms with Crippen molar-refractivity contribution in [1.29, 1.82) is 0 Å². The van der Waals surface area contributed by atoms with E-state index < -0.39 is 279 Å². The fraction of sp³-hybridized carbons (Fsp3) is 0.938. The second-order valence-electron chi connectivity index (χ2n) is 21.6. The molecule has 39 heteroatoms. The third-order valence-electron chi connectivity index (χ3n) is 15.4. The van der Waals surface area contributed by atoms with Gasteiger partial charge in [0.15, 0.2) is 37.7 Å². The maximum Gasteiger partial charge on any atom is 0.217 e. The van der Waals surface area contributed by atoms with Crippen molar-refractivity contribution in [1.82, 2.24) is 16.0 Å². The van der Waals surface area contributed by atoms with E-state index in [9.17, 15) is 122 Å². The highest BCUT2D eigenvalue weighted by Crippen LogP contribution is 2.37. The molecule has 0 aromatic rings. The summed E-state index contributed by atoms with van der Waals surface area (Å²) in [4.78, 5) is 37.2. The normalized spacial score (nSPS) is 45.1. The van der Waals surface area contributed by atoms with Crippen molar-refractivity contribution in [2.24, 2.45) is 0 Å². The second kappa shape index (κ2) is 32.6. The maximum absolute atomic E-state index is 12.7. The summed E-state index contributed by atoms with van der Waals surface area (Å²) in [5.41, 5.74) is 0. The number of aliphatic hydroxyl groups is 21. The van der Waals surface area contributed by atoms with Crippen LogP contribution < -0.4 is 16.0 Å². The molecule has 0 spiro atoms. The Bertz CT molecular complexity index is 2130. The zero-order valence-corrected chi connectivity index (χ0v) is 46.8. The van der Waals surface area contributed by atoms with E-state index in [1.165, 1.54) is 0 Å². The highest BCUT2D eigenvalue weighted by Gasteiger charge is 2.58. The van der Waals surface area contributed by atoms with E-state index in [-0.39, 0.29) is 0 Å². The van der Waals surface area contributed by atoms with Gasteiger partial charge in [0.1, 0.15) is 165 Å². The molecule has 0 radical (unpaired) electrons. The molecule has 0 bridgehead atoms. The molecule has 6 aliphatic rings. The first-order chi connectivity index (χ1) is 41.1. The summed E-state index contributed by atoms with van der Waals surface area (Å²) in [5.74, 6) is -2.53. The molecule has 6 fully saturated rings. The molecule has 0 saturated carbocycles. The van der Waals surface area contributed by atoms with E-state index in [1.807, 2.05) is 0 Å². The van der Waals surface area contributed by atoms with Crippen molar-refractivity contribution >= 4 is 17.7 Å². The number of rotatable bonds is 26. The Balaban J connectivity index is 1.28. The van der Waals surface area contributed by atoms with Gasteiger partial charge in [0.25, 0.3) is 0 Å². The van der Waals surface area contributed by atoms with Gasteiger partial charge in [-0.3, -0.25) is 14.4 Å². The van der Waals surface area contributed by atoms with Crippen LogP contribution >= 0.6 is 0 Å². The molecule has 6 heterocycles. The van der Waals surface area contributed by atoms with E-state index in [0.29, 0.717) is 0 Å². The van der Waals surface area contributed by atoms with Gasteiger partial charge in [-0.2, -0.15) is 0 Å². The van der Waals surface area contributed by atoms with E-state index in [2.05, 4.69) is 16.0 Å². The molecule has 6 rings (SSSR count). The van der Waals surface area contributed by atoms with Gasteiger partial charge in [-0.1, -0.05) is 0 Å². The van der Waals surface area contributed by atoms with Gasteiger partial charge in [-0.15, -0.1) is 0 Å². The molecule has 6 aliphatic heterocycles. The Labute approximate surface area is 493 Å². The summed E-state index contributed by atoms with van der Waals surface area (Å²) < 4.78 is 69.3. The van der Waals surface area contributed by atoms with Crippen molar-refractivity contribution in [3.05, 3.63) is 0 Å². The second-order valence-corrected chi connectivity index (χ2v) is 21.6. The quantitative estimate of drug-likeness (QED) is 0.0382. The number of carbonyl (C=O) groups excluding carboxylic acids is 3. The van der Waals surface area contributed by atoms with Gasteiger partial charge in [0.05, 0.1) is 58.9 Å². The standard InChI is InChI=1S/C48H83N3O36/c1-12(59)49-15(4-52)25(63)38(16(62)5-53)83-43-23(50-13(2)60)30(68)39(20(9-57)80-43)85-48-37(75)42(29(67)22(82-48)11-76-45-34(72)31(69)26(64)17(6-54)78-45)87-47-36(74)33(71)40(21(10-58)81-47)84-44-24(51-14(3)61)41(28(66)19(8-56)77-44)86-46-35(73)32(70)27(65)18(7-55)79-46/h15-48,52-58,62-75H,4-11H2,1-3H3,(H,49,59)(H,50,60)(H,51,61)/t15-,16+,17+,18+,19+,20+,21+,22+,23+,24+,25+,26+,27-,28+,29+,30+,31-,32-,33+,34-,35+,36-,37-,38+,39+,40+,41+,42-,43-,44-,45-,46-,47+,48-/m0/s1. The van der Waals surface area contributed by atoms with Crippen LogP contribution in [0.5, 0.6) is 0 Å². The maximum atomic E-state index is 12.7.